The van der Waals surface area contributed by atoms with Gasteiger partial charge in [-0.3, -0.25) is 4.79 Å². The third-order valence-corrected chi connectivity index (χ3v) is 4.07. The van der Waals surface area contributed by atoms with Crippen molar-refractivity contribution < 1.29 is 33.3 Å². The minimum Gasteiger partial charge on any atom is -0.495 e. The molecule has 0 aromatic heterocycles. The molecule has 30 heavy (non-hydrogen) atoms. The van der Waals surface area contributed by atoms with Gasteiger partial charge in [-0.1, -0.05) is 6.07 Å². The molecule has 0 spiro atoms. The summed E-state index contributed by atoms with van der Waals surface area (Å²) in [7, 11) is 6.01. The molecule has 2 aromatic carbocycles. The van der Waals surface area contributed by atoms with E-state index in [9.17, 15) is 9.59 Å². The number of rotatable bonds is 9. The molecule has 1 N–H and O–H groups in total. The van der Waals surface area contributed by atoms with E-state index in [-0.39, 0.29) is 0 Å². The van der Waals surface area contributed by atoms with Gasteiger partial charge in [0.2, 0.25) is 5.75 Å². The Morgan fingerprint density at radius 2 is 1.53 bits per heavy atom. The van der Waals surface area contributed by atoms with E-state index < -0.39 is 18.5 Å². The molecule has 0 saturated heterocycles. The molecule has 0 unspecified atom stereocenters. The van der Waals surface area contributed by atoms with Crippen LogP contribution in [0.4, 0.5) is 5.69 Å². The van der Waals surface area contributed by atoms with Crippen molar-refractivity contribution in [2.45, 2.75) is 6.92 Å². The lowest BCUT2D eigenvalue weighted by Gasteiger charge is -2.12. The second kappa shape index (κ2) is 10.8. The topological polar surface area (TPSA) is 92.3 Å². The number of nitrogens with one attached hydrogen (secondary N) is 1. The van der Waals surface area contributed by atoms with Gasteiger partial charge in [0.15, 0.2) is 18.1 Å². The molecular weight excluding hydrogens is 390 g/mol. The summed E-state index contributed by atoms with van der Waals surface area (Å²) in [6.07, 6.45) is 2.73. The predicted octanol–water partition coefficient (Wildman–Crippen LogP) is 3.22. The van der Waals surface area contributed by atoms with Gasteiger partial charge in [0.25, 0.3) is 5.91 Å². The molecule has 2 aromatic rings. The second-order valence-electron chi connectivity index (χ2n) is 6.15. The summed E-state index contributed by atoms with van der Waals surface area (Å²) in [6, 6.07) is 8.74. The van der Waals surface area contributed by atoms with E-state index in [0.29, 0.717) is 34.2 Å². The van der Waals surface area contributed by atoms with Crippen LogP contribution >= 0.6 is 0 Å². The molecule has 0 aliphatic rings. The number of esters is 1. The molecule has 0 heterocycles. The van der Waals surface area contributed by atoms with E-state index in [1.54, 1.807) is 24.3 Å². The summed E-state index contributed by atoms with van der Waals surface area (Å²) >= 11 is 0. The van der Waals surface area contributed by atoms with Crippen LogP contribution in [-0.4, -0.2) is 46.9 Å². The molecular formula is C22H25NO7. The fraction of sp³-hybridized carbons (Fsp3) is 0.273. The Balaban J connectivity index is 1.98. The number of amides is 1. The van der Waals surface area contributed by atoms with Crippen LogP contribution in [0.1, 0.15) is 11.1 Å². The highest BCUT2D eigenvalue weighted by Crippen LogP contribution is 2.38. The van der Waals surface area contributed by atoms with Crippen LogP contribution in [0.2, 0.25) is 0 Å². The quantitative estimate of drug-likeness (QED) is 0.497. The summed E-state index contributed by atoms with van der Waals surface area (Å²) in [4.78, 5) is 24.1. The third kappa shape index (κ3) is 5.91. The number of ether oxygens (including phenoxy) is 5. The van der Waals surface area contributed by atoms with Crippen molar-refractivity contribution in [3.05, 3.63) is 47.5 Å². The Morgan fingerprint density at radius 3 is 2.10 bits per heavy atom. The Labute approximate surface area is 175 Å². The zero-order chi connectivity index (χ0) is 22.1. The number of carbonyl (C=O) groups excluding carboxylic acids is 2. The number of aryl methyl sites for hydroxylation is 1. The van der Waals surface area contributed by atoms with Crippen LogP contribution < -0.4 is 24.3 Å². The van der Waals surface area contributed by atoms with Crippen LogP contribution in [0, 0.1) is 6.92 Å². The Kier molecular flexibility index (Phi) is 8.10. The van der Waals surface area contributed by atoms with E-state index in [1.807, 2.05) is 13.0 Å². The molecule has 2 rings (SSSR count). The van der Waals surface area contributed by atoms with Crippen LogP contribution in [0.3, 0.4) is 0 Å². The lowest BCUT2D eigenvalue weighted by atomic mass is 10.1. The monoisotopic (exact) mass is 415 g/mol. The lowest BCUT2D eigenvalue weighted by molar-refractivity contribution is -0.142. The maximum Gasteiger partial charge on any atom is 0.331 e. The Hall–Kier alpha value is -3.68. The number of anilines is 1. The molecule has 8 nitrogen and oxygen atoms in total. The van der Waals surface area contributed by atoms with Crippen molar-refractivity contribution in [3.8, 4) is 23.0 Å². The highest BCUT2D eigenvalue weighted by Gasteiger charge is 2.13. The van der Waals surface area contributed by atoms with Crippen molar-refractivity contribution in [3.63, 3.8) is 0 Å². The van der Waals surface area contributed by atoms with Crippen LogP contribution in [0.15, 0.2) is 36.4 Å². The van der Waals surface area contributed by atoms with Gasteiger partial charge < -0.3 is 29.0 Å². The maximum absolute atomic E-state index is 12.1. The summed E-state index contributed by atoms with van der Waals surface area (Å²) in [5.41, 5.74) is 2.10. The van der Waals surface area contributed by atoms with Crippen LogP contribution in [0.5, 0.6) is 23.0 Å². The molecule has 0 aliphatic carbocycles. The molecule has 0 bridgehead atoms. The highest BCUT2D eigenvalue weighted by atomic mass is 16.5. The summed E-state index contributed by atoms with van der Waals surface area (Å²) in [6.45, 7) is 1.46. The van der Waals surface area contributed by atoms with Crippen LogP contribution in [0.25, 0.3) is 6.08 Å². The van der Waals surface area contributed by atoms with E-state index in [4.69, 9.17) is 23.7 Å². The zero-order valence-corrected chi connectivity index (χ0v) is 17.6. The van der Waals surface area contributed by atoms with Gasteiger partial charge in [0, 0.05) is 6.08 Å². The normalized spacial score (nSPS) is 10.4. The van der Waals surface area contributed by atoms with Crippen molar-refractivity contribution in [1.29, 1.82) is 0 Å². The zero-order valence-electron chi connectivity index (χ0n) is 17.6. The smallest absolute Gasteiger partial charge is 0.331 e. The highest BCUT2D eigenvalue weighted by molar-refractivity contribution is 5.95. The minimum atomic E-state index is -0.671. The summed E-state index contributed by atoms with van der Waals surface area (Å²) < 4.78 is 26.0. The fourth-order valence-electron chi connectivity index (χ4n) is 2.65. The first-order valence-corrected chi connectivity index (χ1v) is 9.01. The fourth-order valence-corrected chi connectivity index (χ4v) is 2.65. The Bertz CT molecular complexity index is 912. The average Bonchev–Trinajstić information content (AvgIpc) is 2.75. The van der Waals surface area contributed by atoms with Gasteiger partial charge in [-0.05, 0) is 48.4 Å². The van der Waals surface area contributed by atoms with Gasteiger partial charge in [-0.15, -0.1) is 0 Å². The van der Waals surface area contributed by atoms with E-state index >= 15 is 0 Å². The van der Waals surface area contributed by atoms with E-state index in [0.717, 1.165) is 5.56 Å². The van der Waals surface area contributed by atoms with Gasteiger partial charge in [0.1, 0.15) is 5.75 Å². The molecule has 160 valence electrons. The Morgan fingerprint density at radius 1 is 0.900 bits per heavy atom. The second-order valence-corrected chi connectivity index (χ2v) is 6.15. The van der Waals surface area contributed by atoms with Crippen molar-refractivity contribution in [1.82, 2.24) is 0 Å². The van der Waals surface area contributed by atoms with Crippen LogP contribution in [-0.2, 0) is 14.3 Å². The number of hydrogen-bond acceptors (Lipinski definition) is 7. The molecule has 0 saturated carbocycles. The first kappa shape index (κ1) is 22.6. The molecule has 0 aliphatic heterocycles. The summed E-state index contributed by atoms with van der Waals surface area (Å²) in [5.74, 6) is 0.724. The molecule has 0 fully saturated rings. The molecule has 1 amide bonds. The predicted molar refractivity (Wildman–Crippen MR) is 112 cm³/mol. The van der Waals surface area contributed by atoms with E-state index in [1.165, 1.54) is 40.6 Å². The molecule has 0 radical (unpaired) electrons. The lowest BCUT2D eigenvalue weighted by Crippen LogP contribution is -2.20. The molecule has 0 atom stereocenters. The van der Waals surface area contributed by atoms with Gasteiger partial charge >= 0.3 is 5.97 Å². The SMILES string of the molecule is COc1ccc(C)cc1NC(=O)COC(=O)/C=C/c1cc(OC)c(OC)c(OC)c1. The van der Waals surface area contributed by atoms with Crippen molar-refractivity contribution >= 4 is 23.6 Å². The average molecular weight is 415 g/mol. The number of carbonyl (C=O) groups is 2. The minimum absolute atomic E-state index is 0.435. The maximum atomic E-state index is 12.1. The van der Waals surface area contributed by atoms with Crippen molar-refractivity contribution in [2.24, 2.45) is 0 Å². The van der Waals surface area contributed by atoms with E-state index in [2.05, 4.69) is 5.32 Å². The van der Waals surface area contributed by atoms with Gasteiger partial charge in [-0.2, -0.15) is 0 Å². The third-order valence-electron chi connectivity index (χ3n) is 4.07. The standard InChI is InChI=1S/C22H25NO7/c1-14-6-8-17(26-2)16(10-14)23-20(24)13-30-21(25)9-7-15-11-18(27-3)22(29-5)19(12-15)28-4/h6-12H,13H2,1-5H3,(H,23,24)/b9-7+. The first-order chi connectivity index (χ1) is 14.4. The van der Waals surface area contributed by atoms with Crippen molar-refractivity contribution in [2.75, 3.05) is 40.4 Å². The number of methoxy groups -OCH3 is 4. The van der Waals surface area contributed by atoms with Gasteiger partial charge in [0.05, 0.1) is 34.1 Å². The summed E-state index contributed by atoms with van der Waals surface area (Å²) in [5, 5.41) is 2.66. The number of hydrogen-bond donors (Lipinski definition) is 1. The van der Waals surface area contributed by atoms with Gasteiger partial charge in [-0.25, -0.2) is 4.79 Å². The molecule has 8 heteroatoms. The largest absolute Gasteiger partial charge is 0.495 e. The number of benzene rings is 2. The first-order valence-electron chi connectivity index (χ1n) is 9.01.